The number of hydrogen-bond acceptors (Lipinski definition) is 3. The van der Waals surface area contributed by atoms with Gasteiger partial charge >= 0.3 is 0 Å². The number of benzene rings is 2. The van der Waals surface area contributed by atoms with E-state index in [9.17, 15) is 0 Å². The van der Waals surface area contributed by atoms with E-state index in [1.807, 2.05) is 36.4 Å². The van der Waals surface area contributed by atoms with Crippen molar-refractivity contribution in [3.63, 3.8) is 0 Å². The van der Waals surface area contributed by atoms with Crippen molar-refractivity contribution >= 4 is 5.82 Å². The lowest BCUT2D eigenvalue weighted by Gasteiger charge is -2.08. The zero-order valence-corrected chi connectivity index (χ0v) is 13.7. The topological polar surface area (TPSA) is 34.1 Å². The number of ether oxygens (including phenoxy) is 1. The van der Waals surface area contributed by atoms with E-state index in [1.54, 1.807) is 6.20 Å². The third-order valence-corrected chi connectivity index (χ3v) is 3.74. The summed E-state index contributed by atoms with van der Waals surface area (Å²) in [5.74, 6) is 1.83. The monoisotopic (exact) mass is 318 g/mol. The molecule has 1 aromatic heterocycles. The first-order valence-corrected chi connectivity index (χ1v) is 8.31. The van der Waals surface area contributed by atoms with Crippen molar-refractivity contribution in [2.75, 3.05) is 18.5 Å². The maximum atomic E-state index is 5.79. The highest BCUT2D eigenvalue weighted by molar-refractivity contribution is 5.33. The molecule has 3 aromatic rings. The van der Waals surface area contributed by atoms with Crippen molar-refractivity contribution in [2.45, 2.75) is 12.8 Å². The first kappa shape index (κ1) is 16.1. The molecule has 0 radical (unpaired) electrons. The average molecular weight is 318 g/mol. The van der Waals surface area contributed by atoms with Gasteiger partial charge in [-0.1, -0.05) is 48.5 Å². The Kier molecular flexibility index (Phi) is 5.84. The summed E-state index contributed by atoms with van der Waals surface area (Å²) in [7, 11) is 0. The minimum atomic E-state index is 0.692. The fourth-order valence-electron chi connectivity index (χ4n) is 2.48. The second-order valence-electron chi connectivity index (χ2n) is 5.65. The van der Waals surface area contributed by atoms with Gasteiger partial charge in [-0.3, -0.25) is 0 Å². The van der Waals surface area contributed by atoms with Crippen LogP contribution in [0.4, 0.5) is 5.82 Å². The second kappa shape index (κ2) is 8.73. The van der Waals surface area contributed by atoms with Gasteiger partial charge in [0, 0.05) is 12.7 Å². The van der Waals surface area contributed by atoms with Crippen LogP contribution in [0.5, 0.6) is 5.75 Å². The number of nitrogens with one attached hydrogen (secondary N) is 1. The van der Waals surface area contributed by atoms with Crippen molar-refractivity contribution in [1.29, 1.82) is 0 Å². The molecule has 0 amide bonds. The van der Waals surface area contributed by atoms with Crippen LogP contribution >= 0.6 is 0 Å². The molecule has 3 heteroatoms. The Hall–Kier alpha value is -2.81. The zero-order valence-electron chi connectivity index (χ0n) is 13.7. The Morgan fingerprint density at radius 2 is 1.54 bits per heavy atom. The molecule has 0 unspecified atom stereocenters. The zero-order chi connectivity index (χ0) is 16.5. The molecular weight excluding hydrogens is 296 g/mol. The van der Waals surface area contributed by atoms with Crippen molar-refractivity contribution in [1.82, 2.24) is 4.98 Å². The highest BCUT2D eigenvalue weighted by atomic mass is 16.5. The fourth-order valence-corrected chi connectivity index (χ4v) is 2.48. The largest absolute Gasteiger partial charge is 0.494 e. The van der Waals surface area contributed by atoms with E-state index >= 15 is 0 Å². The van der Waals surface area contributed by atoms with E-state index in [4.69, 9.17) is 4.74 Å². The molecule has 1 heterocycles. The van der Waals surface area contributed by atoms with Gasteiger partial charge in [-0.2, -0.15) is 0 Å². The molecule has 0 fully saturated rings. The maximum absolute atomic E-state index is 5.79. The average Bonchev–Trinajstić information content (AvgIpc) is 2.65. The minimum Gasteiger partial charge on any atom is -0.494 e. The van der Waals surface area contributed by atoms with E-state index in [0.717, 1.165) is 31.0 Å². The third-order valence-electron chi connectivity index (χ3n) is 3.74. The molecule has 2 aromatic carbocycles. The molecule has 0 spiro atoms. The highest BCUT2D eigenvalue weighted by Gasteiger charge is 1.98. The molecule has 122 valence electrons. The Balaban J connectivity index is 1.38. The number of anilines is 1. The summed E-state index contributed by atoms with van der Waals surface area (Å²) >= 11 is 0. The summed E-state index contributed by atoms with van der Waals surface area (Å²) in [5.41, 5.74) is 2.62. The normalized spacial score (nSPS) is 10.3. The Bertz CT molecular complexity index is 712. The number of rotatable bonds is 8. The summed E-state index contributed by atoms with van der Waals surface area (Å²) in [6, 6.07) is 24.7. The lowest BCUT2D eigenvalue weighted by Crippen LogP contribution is -2.08. The number of aromatic nitrogens is 1. The smallest absolute Gasteiger partial charge is 0.125 e. The van der Waals surface area contributed by atoms with Crippen LogP contribution in [0.2, 0.25) is 0 Å². The summed E-state index contributed by atoms with van der Waals surface area (Å²) in [6.45, 7) is 1.54. The van der Waals surface area contributed by atoms with Gasteiger partial charge < -0.3 is 10.1 Å². The lowest BCUT2D eigenvalue weighted by atomic mass is 10.1. The van der Waals surface area contributed by atoms with Gasteiger partial charge in [-0.05, 0) is 48.2 Å². The van der Waals surface area contributed by atoms with Crippen LogP contribution in [0.15, 0.2) is 79.0 Å². The van der Waals surface area contributed by atoms with Gasteiger partial charge in [0.05, 0.1) is 6.61 Å². The Morgan fingerprint density at radius 3 is 2.29 bits per heavy atom. The van der Waals surface area contributed by atoms with Crippen molar-refractivity contribution in [2.24, 2.45) is 0 Å². The number of hydrogen-bond donors (Lipinski definition) is 1. The number of pyridine rings is 1. The van der Waals surface area contributed by atoms with E-state index in [-0.39, 0.29) is 0 Å². The molecule has 3 rings (SSSR count). The van der Waals surface area contributed by atoms with Gasteiger partial charge in [0.25, 0.3) is 0 Å². The Labute approximate surface area is 143 Å². The summed E-state index contributed by atoms with van der Waals surface area (Å²) in [5, 5.41) is 3.28. The molecule has 0 saturated carbocycles. The van der Waals surface area contributed by atoms with Gasteiger partial charge in [-0.15, -0.1) is 0 Å². The SMILES string of the molecule is c1ccc(Cc2ccc(OCCCNc3ccccn3)cc2)cc1. The maximum Gasteiger partial charge on any atom is 0.125 e. The van der Waals surface area contributed by atoms with Crippen LogP contribution in [0.1, 0.15) is 17.5 Å². The third kappa shape index (κ3) is 5.13. The van der Waals surface area contributed by atoms with Crippen LogP contribution in [0.3, 0.4) is 0 Å². The van der Waals surface area contributed by atoms with Crippen LogP contribution < -0.4 is 10.1 Å². The number of nitrogens with zero attached hydrogens (tertiary/aromatic N) is 1. The van der Waals surface area contributed by atoms with Crippen molar-refractivity contribution in [3.8, 4) is 5.75 Å². The van der Waals surface area contributed by atoms with Gasteiger partial charge in [-0.25, -0.2) is 4.98 Å². The molecular formula is C21H22N2O. The van der Waals surface area contributed by atoms with Gasteiger partial charge in [0.2, 0.25) is 0 Å². The van der Waals surface area contributed by atoms with E-state index < -0.39 is 0 Å². The predicted octanol–water partition coefficient (Wildman–Crippen LogP) is 4.55. The standard InChI is InChI=1S/C21H22N2O/c1-2-7-18(8-3-1)17-19-10-12-20(13-11-19)24-16-6-15-23-21-9-4-5-14-22-21/h1-5,7-14H,6,15-17H2,(H,22,23). The Morgan fingerprint density at radius 1 is 0.792 bits per heavy atom. The van der Waals surface area contributed by atoms with E-state index in [0.29, 0.717) is 6.61 Å². The molecule has 0 aliphatic heterocycles. The first-order chi connectivity index (χ1) is 11.9. The fraction of sp³-hybridized carbons (Fsp3) is 0.190. The molecule has 3 nitrogen and oxygen atoms in total. The quantitative estimate of drug-likeness (QED) is 0.619. The minimum absolute atomic E-state index is 0.692. The molecule has 0 aliphatic rings. The van der Waals surface area contributed by atoms with Gasteiger partial charge in [0.15, 0.2) is 0 Å². The summed E-state index contributed by atoms with van der Waals surface area (Å²) in [6.07, 6.45) is 3.67. The van der Waals surface area contributed by atoms with Crippen LogP contribution in [-0.2, 0) is 6.42 Å². The summed E-state index contributed by atoms with van der Waals surface area (Å²) < 4.78 is 5.79. The van der Waals surface area contributed by atoms with Crippen LogP contribution in [0.25, 0.3) is 0 Å². The first-order valence-electron chi connectivity index (χ1n) is 8.31. The van der Waals surface area contributed by atoms with Crippen molar-refractivity contribution < 1.29 is 4.74 Å². The molecule has 1 N–H and O–H groups in total. The molecule has 24 heavy (non-hydrogen) atoms. The molecule has 0 aliphatic carbocycles. The van der Waals surface area contributed by atoms with Gasteiger partial charge in [0.1, 0.15) is 11.6 Å². The van der Waals surface area contributed by atoms with E-state index in [1.165, 1.54) is 11.1 Å². The highest BCUT2D eigenvalue weighted by Crippen LogP contribution is 2.15. The molecule has 0 saturated heterocycles. The summed E-state index contributed by atoms with van der Waals surface area (Å²) in [4.78, 5) is 4.23. The predicted molar refractivity (Wildman–Crippen MR) is 98.5 cm³/mol. The lowest BCUT2D eigenvalue weighted by molar-refractivity contribution is 0.315. The molecule has 0 bridgehead atoms. The van der Waals surface area contributed by atoms with E-state index in [2.05, 4.69) is 46.7 Å². The second-order valence-corrected chi connectivity index (χ2v) is 5.65. The van der Waals surface area contributed by atoms with Crippen LogP contribution in [-0.4, -0.2) is 18.1 Å². The van der Waals surface area contributed by atoms with Crippen molar-refractivity contribution in [3.05, 3.63) is 90.1 Å². The molecule has 0 atom stereocenters. The van der Waals surface area contributed by atoms with Crippen LogP contribution in [0, 0.1) is 0 Å².